The number of nitrogens with zero attached hydrogens (tertiary/aromatic N) is 2. The second kappa shape index (κ2) is 10.0. The number of hydrogen-bond donors (Lipinski definition) is 1. The number of aliphatic carboxylic acids is 1. The number of alkyl halides is 3. The average Bonchev–Trinajstić information content (AvgIpc) is 3.36. The summed E-state index contributed by atoms with van der Waals surface area (Å²) >= 11 is 0. The van der Waals surface area contributed by atoms with Crippen LogP contribution >= 0.6 is 0 Å². The lowest BCUT2D eigenvalue weighted by molar-refractivity contribution is -0.192. The van der Waals surface area contributed by atoms with E-state index in [1.54, 1.807) is 17.3 Å². The summed E-state index contributed by atoms with van der Waals surface area (Å²) in [5.41, 5.74) is 1.49. The lowest BCUT2D eigenvalue weighted by atomic mass is 10.0. The normalized spacial score (nSPS) is 22.1. The predicted octanol–water partition coefficient (Wildman–Crippen LogP) is 2.91. The molecule has 0 saturated carbocycles. The van der Waals surface area contributed by atoms with Gasteiger partial charge in [-0.1, -0.05) is 6.07 Å². The molecular formula is C21H20F4N2O5. The van der Waals surface area contributed by atoms with Crippen LogP contribution in [0.5, 0.6) is 0 Å². The van der Waals surface area contributed by atoms with Gasteiger partial charge in [-0.05, 0) is 35.9 Å². The minimum atomic E-state index is -5.08. The molecule has 0 unspecified atom stereocenters. The van der Waals surface area contributed by atoms with Gasteiger partial charge in [0.05, 0.1) is 32.0 Å². The first-order chi connectivity index (χ1) is 15.2. The Labute approximate surface area is 180 Å². The molecule has 0 bridgehead atoms. The fraction of sp³-hybridized carbons (Fsp3) is 0.381. The number of likely N-dealkylation sites (tertiary alicyclic amines) is 1. The fourth-order valence-electron chi connectivity index (χ4n) is 3.56. The van der Waals surface area contributed by atoms with Gasteiger partial charge in [-0.15, -0.1) is 0 Å². The van der Waals surface area contributed by atoms with Crippen LogP contribution in [-0.4, -0.2) is 64.9 Å². The van der Waals surface area contributed by atoms with Crippen LogP contribution in [0, 0.1) is 11.7 Å². The molecule has 2 aromatic rings. The smallest absolute Gasteiger partial charge is 0.475 e. The molecule has 3 atom stereocenters. The van der Waals surface area contributed by atoms with Crippen molar-refractivity contribution in [2.45, 2.75) is 24.9 Å². The number of ether oxygens (including phenoxy) is 2. The Bertz CT molecular complexity index is 924. The summed E-state index contributed by atoms with van der Waals surface area (Å²) in [6.45, 7) is 2.09. The number of carboxylic acids is 1. The summed E-state index contributed by atoms with van der Waals surface area (Å²) in [7, 11) is 0. The van der Waals surface area contributed by atoms with Crippen LogP contribution in [0.1, 0.15) is 15.9 Å². The maximum absolute atomic E-state index is 13.1. The van der Waals surface area contributed by atoms with E-state index in [0.717, 1.165) is 5.56 Å². The first-order valence-corrected chi connectivity index (χ1v) is 9.61. The van der Waals surface area contributed by atoms with Gasteiger partial charge in [0.25, 0.3) is 5.91 Å². The SMILES string of the molecule is O=C(O)C(F)(F)F.O=C(c1ccc(F)cc1)N1C[C@H](OCc2cccnc2)[C@H]2COC[C@H]21. The van der Waals surface area contributed by atoms with Gasteiger partial charge in [0.1, 0.15) is 5.82 Å². The number of benzene rings is 1. The minimum Gasteiger partial charge on any atom is -0.475 e. The zero-order valence-corrected chi connectivity index (χ0v) is 16.7. The number of carbonyl (C=O) groups is 2. The van der Waals surface area contributed by atoms with Gasteiger partial charge < -0.3 is 19.5 Å². The van der Waals surface area contributed by atoms with E-state index in [-0.39, 0.29) is 29.8 Å². The summed E-state index contributed by atoms with van der Waals surface area (Å²) < 4.78 is 56.5. The highest BCUT2D eigenvalue weighted by Gasteiger charge is 2.48. The highest BCUT2D eigenvalue weighted by molar-refractivity contribution is 5.94. The van der Waals surface area contributed by atoms with Crippen LogP contribution in [0.25, 0.3) is 0 Å². The Morgan fingerprint density at radius 1 is 1.19 bits per heavy atom. The van der Waals surface area contributed by atoms with Gasteiger partial charge in [0.2, 0.25) is 0 Å². The molecule has 2 saturated heterocycles. The molecule has 0 spiro atoms. The lowest BCUT2D eigenvalue weighted by Gasteiger charge is -2.22. The fourth-order valence-corrected chi connectivity index (χ4v) is 3.56. The van der Waals surface area contributed by atoms with Crippen molar-refractivity contribution in [1.29, 1.82) is 0 Å². The van der Waals surface area contributed by atoms with Gasteiger partial charge >= 0.3 is 12.1 Å². The van der Waals surface area contributed by atoms with Crippen LogP contribution < -0.4 is 0 Å². The topological polar surface area (TPSA) is 89.0 Å². The predicted molar refractivity (Wildman–Crippen MR) is 102 cm³/mol. The third kappa shape index (κ3) is 5.80. The monoisotopic (exact) mass is 456 g/mol. The Hall–Kier alpha value is -3.05. The van der Waals surface area contributed by atoms with E-state index in [1.807, 2.05) is 12.1 Å². The molecule has 3 heterocycles. The van der Waals surface area contributed by atoms with Gasteiger partial charge in [-0.25, -0.2) is 9.18 Å². The van der Waals surface area contributed by atoms with Gasteiger partial charge in [0.15, 0.2) is 0 Å². The summed E-state index contributed by atoms with van der Waals surface area (Å²) in [5, 5.41) is 7.12. The van der Waals surface area contributed by atoms with Crippen LogP contribution in [-0.2, 0) is 20.9 Å². The number of rotatable bonds is 4. The lowest BCUT2D eigenvalue weighted by Crippen LogP contribution is -2.38. The van der Waals surface area contributed by atoms with E-state index in [1.165, 1.54) is 24.3 Å². The number of carboxylic acid groups (broad SMARTS) is 1. The third-order valence-electron chi connectivity index (χ3n) is 5.13. The zero-order valence-electron chi connectivity index (χ0n) is 16.7. The van der Waals surface area contributed by atoms with Crippen molar-refractivity contribution >= 4 is 11.9 Å². The molecule has 7 nitrogen and oxygen atoms in total. The Kier molecular flexibility index (Phi) is 7.41. The van der Waals surface area contributed by atoms with E-state index in [9.17, 15) is 22.4 Å². The molecule has 1 amide bonds. The number of hydrogen-bond acceptors (Lipinski definition) is 5. The highest BCUT2D eigenvalue weighted by atomic mass is 19.4. The summed E-state index contributed by atoms with van der Waals surface area (Å²) in [6, 6.07) is 9.51. The molecule has 2 aliphatic heterocycles. The van der Waals surface area contributed by atoms with Crippen LogP contribution in [0.2, 0.25) is 0 Å². The molecule has 2 aliphatic rings. The molecule has 1 aromatic carbocycles. The van der Waals surface area contributed by atoms with E-state index in [2.05, 4.69) is 4.98 Å². The molecule has 2 fully saturated rings. The average molecular weight is 456 g/mol. The Morgan fingerprint density at radius 2 is 1.88 bits per heavy atom. The number of carbonyl (C=O) groups excluding carboxylic acids is 1. The van der Waals surface area contributed by atoms with E-state index in [0.29, 0.717) is 31.9 Å². The van der Waals surface area contributed by atoms with Crippen molar-refractivity contribution in [3.05, 3.63) is 65.7 Å². The van der Waals surface area contributed by atoms with Gasteiger partial charge in [-0.3, -0.25) is 9.78 Å². The van der Waals surface area contributed by atoms with Crippen molar-refractivity contribution in [2.75, 3.05) is 19.8 Å². The Balaban J connectivity index is 0.000000360. The quantitative estimate of drug-likeness (QED) is 0.712. The molecule has 4 rings (SSSR count). The molecule has 172 valence electrons. The molecule has 32 heavy (non-hydrogen) atoms. The number of amides is 1. The van der Waals surface area contributed by atoms with Crippen LogP contribution in [0.4, 0.5) is 17.6 Å². The first-order valence-electron chi connectivity index (χ1n) is 9.61. The minimum absolute atomic E-state index is 0.0106. The van der Waals surface area contributed by atoms with Crippen molar-refractivity contribution < 1.29 is 41.7 Å². The van der Waals surface area contributed by atoms with Crippen LogP contribution in [0.3, 0.4) is 0 Å². The number of pyridine rings is 1. The third-order valence-corrected chi connectivity index (χ3v) is 5.13. The maximum Gasteiger partial charge on any atom is 0.490 e. The molecule has 0 radical (unpaired) electrons. The molecular weight excluding hydrogens is 436 g/mol. The van der Waals surface area contributed by atoms with Crippen molar-refractivity contribution in [3.8, 4) is 0 Å². The largest absolute Gasteiger partial charge is 0.490 e. The Morgan fingerprint density at radius 3 is 2.47 bits per heavy atom. The van der Waals surface area contributed by atoms with Crippen LogP contribution in [0.15, 0.2) is 48.8 Å². The molecule has 1 N–H and O–H groups in total. The second-order valence-electron chi connectivity index (χ2n) is 7.25. The summed E-state index contributed by atoms with van der Waals surface area (Å²) in [4.78, 5) is 27.6. The maximum atomic E-state index is 13.1. The standard InChI is InChI=1S/C19H19FN2O3.C2HF3O2/c20-15-5-3-14(4-6-15)19(23)22-9-18(16-11-24-12-17(16)22)25-10-13-2-1-7-21-8-13;3-2(4,5)1(6)7/h1-8,16-18H,9-12H2;(H,6,7)/t16-,17+,18-;/m0./s1. The highest BCUT2D eigenvalue weighted by Crippen LogP contribution is 2.33. The molecule has 0 aliphatic carbocycles. The van der Waals surface area contributed by atoms with Gasteiger partial charge in [-0.2, -0.15) is 13.2 Å². The summed E-state index contributed by atoms with van der Waals surface area (Å²) in [6.07, 6.45) is -1.65. The second-order valence-corrected chi connectivity index (χ2v) is 7.25. The van der Waals surface area contributed by atoms with E-state index >= 15 is 0 Å². The van der Waals surface area contributed by atoms with Crippen molar-refractivity contribution in [2.24, 2.45) is 5.92 Å². The van der Waals surface area contributed by atoms with E-state index in [4.69, 9.17) is 19.4 Å². The molecule has 11 heteroatoms. The number of halogens is 4. The number of fused-ring (bicyclic) bond motifs is 1. The summed E-state index contributed by atoms with van der Waals surface area (Å²) in [5.74, 6) is -3.04. The first kappa shape index (κ1) is 23.6. The van der Waals surface area contributed by atoms with Gasteiger partial charge in [0, 0.05) is 30.4 Å². The van der Waals surface area contributed by atoms with E-state index < -0.39 is 12.1 Å². The zero-order chi connectivity index (χ0) is 23.3. The van der Waals surface area contributed by atoms with Crippen molar-refractivity contribution in [1.82, 2.24) is 9.88 Å². The molecule has 1 aromatic heterocycles. The van der Waals surface area contributed by atoms with Crippen molar-refractivity contribution in [3.63, 3.8) is 0 Å². The number of aromatic nitrogens is 1.